The number of carbonyl (C=O) groups excluding carboxylic acids is 2. The van der Waals surface area contributed by atoms with E-state index in [9.17, 15) is 9.59 Å². The smallest absolute Gasteiger partial charge is 0.147 e. The summed E-state index contributed by atoms with van der Waals surface area (Å²) in [7, 11) is 0. The second kappa shape index (κ2) is 17.9. The highest BCUT2D eigenvalue weighted by atomic mass is 32.2. The Morgan fingerprint density at radius 3 is 1.16 bits per heavy atom. The van der Waals surface area contributed by atoms with Gasteiger partial charge in [0, 0.05) is 12.8 Å². The molecule has 3 heteroatoms. The predicted octanol–water partition coefficient (Wildman–Crippen LogP) is 10.4. The lowest BCUT2D eigenvalue weighted by molar-refractivity contribution is -0.124. The molecule has 45 heavy (non-hydrogen) atoms. The molecular weight excluding hydrogens is 569 g/mol. The zero-order valence-corrected chi connectivity index (χ0v) is 28.1. The predicted molar refractivity (Wildman–Crippen MR) is 192 cm³/mol. The van der Waals surface area contributed by atoms with E-state index in [1.54, 1.807) is 0 Å². The van der Waals surface area contributed by atoms with Gasteiger partial charge in [0.25, 0.3) is 0 Å². The van der Waals surface area contributed by atoms with Crippen LogP contribution in [0.1, 0.15) is 87.5 Å². The summed E-state index contributed by atoms with van der Waals surface area (Å²) in [6.07, 6.45) is 9.50. The van der Waals surface area contributed by atoms with Crippen LogP contribution in [0.25, 0.3) is 0 Å². The molecule has 2 atom stereocenters. The van der Waals surface area contributed by atoms with Gasteiger partial charge in [0.1, 0.15) is 11.6 Å². The molecule has 0 saturated heterocycles. The second-order valence-electron chi connectivity index (χ2n) is 12.8. The number of unbranched alkanes of at least 4 members (excludes halogenated alkanes) is 4. The van der Waals surface area contributed by atoms with Gasteiger partial charge >= 0.3 is 0 Å². The number of ketones is 2. The quantitative estimate of drug-likeness (QED) is 0.0924. The largest absolute Gasteiger partial charge is 0.298 e. The number of hydrogen-bond acceptors (Lipinski definition) is 3. The second-order valence-corrected chi connectivity index (χ2v) is 14.0. The van der Waals surface area contributed by atoms with E-state index < -0.39 is 10.8 Å². The van der Waals surface area contributed by atoms with Crippen molar-refractivity contribution in [3.63, 3.8) is 0 Å². The maximum absolute atomic E-state index is 13.6. The standard InChI is InChI=1S/C42H50O2S/c1-41(37-25-13-5-14-26-37,39(43)33-35-21-9-3-10-22-35)29-17-7-19-31-45-32-20-8-18-30-42(2,38-27-15-6-16-28-38)40(44)34-36-23-11-4-12-24-36/h3-6,9-16,21-28H,7-8,17-20,29-34H2,1-2H3. The summed E-state index contributed by atoms with van der Waals surface area (Å²) >= 11 is 2.04. The molecule has 0 heterocycles. The molecule has 0 saturated carbocycles. The third kappa shape index (κ3) is 10.3. The fourth-order valence-corrected chi connectivity index (χ4v) is 7.30. The first-order chi connectivity index (χ1) is 21.9. The monoisotopic (exact) mass is 618 g/mol. The molecule has 0 aliphatic carbocycles. The van der Waals surface area contributed by atoms with Crippen molar-refractivity contribution in [3.8, 4) is 0 Å². The van der Waals surface area contributed by atoms with Crippen LogP contribution in [0.4, 0.5) is 0 Å². The van der Waals surface area contributed by atoms with Gasteiger partial charge in [-0.05, 0) is 73.3 Å². The number of rotatable bonds is 20. The van der Waals surface area contributed by atoms with Gasteiger partial charge in [-0.1, -0.05) is 147 Å². The normalized spacial score (nSPS) is 13.9. The lowest BCUT2D eigenvalue weighted by Gasteiger charge is -2.29. The Bertz CT molecular complexity index is 1310. The summed E-state index contributed by atoms with van der Waals surface area (Å²) in [6, 6.07) is 40.9. The SMILES string of the molecule is CC(CCCCCSCCCCCC(C)(C(=O)Cc1ccccc1)c1ccccc1)(C(=O)Cc1ccccc1)c1ccccc1. The van der Waals surface area contributed by atoms with E-state index in [-0.39, 0.29) is 0 Å². The van der Waals surface area contributed by atoms with Crippen LogP contribution in [0.3, 0.4) is 0 Å². The highest BCUT2D eigenvalue weighted by Crippen LogP contribution is 2.34. The van der Waals surface area contributed by atoms with Crippen LogP contribution in [0.15, 0.2) is 121 Å². The minimum Gasteiger partial charge on any atom is -0.298 e. The fourth-order valence-electron chi connectivity index (χ4n) is 6.28. The van der Waals surface area contributed by atoms with E-state index in [2.05, 4.69) is 38.1 Å². The summed E-state index contributed by atoms with van der Waals surface area (Å²) in [4.78, 5) is 27.1. The van der Waals surface area contributed by atoms with E-state index in [4.69, 9.17) is 0 Å². The Labute approximate surface area is 276 Å². The van der Waals surface area contributed by atoms with Crippen LogP contribution >= 0.6 is 11.8 Å². The highest BCUT2D eigenvalue weighted by Gasteiger charge is 2.35. The van der Waals surface area contributed by atoms with Gasteiger partial charge in [-0.15, -0.1) is 0 Å². The topological polar surface area (TPSA) is 34.1 Å². The maximum Gasteiger partial charge on any atom is 0.147 e. The maximum atomic E-state index is 13.6. The zero-order valence-electron chi connectivity index (χ0n) is 27.3. The molecule has 0 radical (unpaired) electrons. The number of hydrogen-bond donors (Lipinski definition) is 0. The van der Waals surface area contributed by atoms with Crippen molar-refractivity contribution in [2.45, 2.75) is 88.9 Å². The van der Waals surface area contributed by atoms with Crippen molar-refractivity contribution in [2.24, 2.45) is 0 Å². The van der Waals surface area contributed by atoms with Gasteiger partial charge in [-0.3, -0.25) is 9.59 Å². The van der Waals surface area contributed by atoms with Crippen LogP contribution in [-0.4, -0.2) is 23.1 Å². The molecule has 2 nitrogen and oxygen atoms in total. The first kappa shape index (κ1) is 34.4. The van der Waals surface area contributed by atoms with Gasteiger partial charge < -0.3 is 0 Å². The van der Waals surface area contributed by atoms with Gasteiger partial charge in [0.2, 0.25) is 0 Å². The number of benzene rings is 4. The first-order valence-corrected chi connectivity index (χ1v) is 17.9. The third-order valence-electron chi connectivity index (χ3n) is 9.40. The fraction of sp³-hybridized carbons (Fsp3) is 0.381. The Balaban J connectivity index is 1.16. The molecule has 2 unspecified atom stereocenters. The Morgan fingerprint density at radius 2 is 0.800 bits per heavy atom. The van der Waals surface area contributed by atoms with Gasteiger partial charge in [0.05, 0.1) is 10.8 Å². The highest BCUT2D eigenvalue weighted by molar-refractivity contribution is 7.99. The molecular formula is C42H50O2S. The minimum absolute atomic E-state index is 0.305. The average Bonchev–Trinajstić information content (AvgIpc) is 3.08. The van der Waals surface area contributed by atoms with Gasteiger partial charge in [-0.25, -0.2) is 0 Å². The molecule has 0 N–H and O–H groups in total. The van der Waals surface area contributed by atoms with Crippen molar-refractivity contribution in [1.29, 1.82) is 0 Å². The van der Waals surface area contributed by atoms with Crippen molar-refractivity contribution in [2.75, 3.05) is 11.5 Å². The Kier molecular flexibility index (Phi) is 13.7. The van der Waals surface area contributed by atoms with Crippen molar-refractivity contribution >= 4 is 23.3 Å². The third-order valence-corrected chi connectivity index (χ3v) is 10.6. The van der Waals surface area contributed by atoms with Gasteiger partial charge in [0.15, 0.2) is 0 Å². The molecule has 4 rings (SSSR count). The Morgan fingerprint density at radius 1 is 0.467 bits per heavy atom. The molecule has 0 aliphatic heterocycles. The summed E-state index contributed by atoms with van der Waals surface area (Å²) in [5.41, 5.74) is 3.52. The lowest BCUT2D eigenvalue weighted by Crippen LogP contribution is -2.34. The zero-order chi connectivity index (χ0) is 31.8. The lowest BCUT2D eigenvalue weighted by atomic mass is 9.73. The van der Waals surface area contributed by atoms with Crippen molar-refractivity contribution < 1.29 is 9.59 Å². The molecule has 0 amide bonds. The molecule has 0 fully saturated rings. The molecule has 0 aromatic heterocycles. The summed E-state index contributed by atoms with van der Waals surface area (Å²) in [6.45, 7) is 4.28. The molecule has 0 spiro atoms. The Hall–Kier alpha value is -3.43. The molecule has 0 bridgehead atoms. The van der Waals surface area contributed by atoms with E-state index in [0.29, 0.717) is 24.4 Å². The summed E-state index contributed by atoms with van der Waals surface area (Å²) in [5.74, 6) is 2.94. The van der Waals surface area contributed by atoms with Crippen molar-refractivity contribution in [3.05, 3.63) is 144 Å². The van der Waals surface area contributed by atoms with Crippen molar-refractivity contribution in [1.82, 2.24) is 0 Å². The van der Waals surface area contributed by atoms with Crippen LogP contribution < -0.4 is 0 Å². The average molecular weight is 619 g/mol. The van der Waals surface area contributed by atoms with E-state index >= 15 is 0 Å². The summed E-state index contributed by atoms with van der Waals surface area (Å²) in [5, 5.41) is 0. The van der Waals surface area contributed by atoms with E-state index in [1.165, 1.54) is 12.8 Å². The molecule has 0 aliphatic rings. The molecule has 4 aromatic carbocycles. The number of thioether (sulfide) groups is 1. The van der Waals surface area contributed by atoms with Crippen LogP contribution in [0.5, 0.6) is 0 Å². The summed E-state index contributed by atoms with van der Waals surface area (Å²) < 4.78 is 0. The molecule has 236 valence electrons. The number of Topliss-reactive ketones (excluding diaryl/α,β-unsaturated/α-hetero) is 2. The first-order valence-electron chi connectivity index (χ1n) is 16.7. The van der Waals surface area contributed by atoms with E-state index in [0.717, 1.165) is 72.3 Å². The minimum atomic E-state index is -0.457. The van der Waals surface area contributed by atoms with Crippen LogP contribution in [-0.2, 0) is 33.3 Å². The van der Waals surface area contributed by atoms with Crippen LogP contribution in [0.2, 0.25) is 0 Å². The molecule has 4 aromatic rings. The van der Waals surface area contributed by atoms with Crippen LogP contribution in [0, 0.1) is 0 Å². The number of carbonyl (C=O) groups is 2. The van der Waals surface area contributed by atoms with E-state index in [1.807, 2.05) is 109 Å². The van der Waals surface area contributed by atoms with Gasteiger partial charge in [-0.2, -0.15) is 11.8 Å².